The Morgan fingerprint density at radius 2 is 2.62 bits per heavy atom. The highest BCUT2D eigenvalue weighted by molar-refractivity contribution is 7.11. The summed E-state index contributed by atoms with van der Waals surface area (Å²) in [6.07, 6.45) is 3.80. The van der Waals surface area contributed by atoms with Crippen LogP contribution >= 0.6 is 11.3 Å². The normalized spacial score (nSPS) is 22.9. The van der Waals surface area contributed by atoms with Gasteiger partial charge in [0, 0.05) is 6.04 Å². The third-order valence-electron chi connectivity index (χ3n) is 2.16. The Morgan fingerprint density at radius 3 is 3.31 bits per heavy atom. The Balaban J connectivity index is 1.72. The van der Waals surface area contributed by atoms with E-state index in [4.69, 9.17) is 4.74 Å². The summed E-state index contributed by atoms with van der Waals surface area (Å²) in [5, 5.41) is 11.6. The fourth-order valence-electron chi connectivity index (χ4n) is 1.46. The van der Waals surface area contributed by atoms with E-state index in [1.54, 1.807) is 5.51 Å². The van der Waals surface area contributed by atoms with Crippen molar-refractivity contribution in [2.45, 2.75) is 25.3 Å². The van der Waals surface area contributed by atoms with Crippen molar-refractivity contribution in [3.05, 3.63) is 5.51 Å². The predicted molar refractivity (Wildman–Crippen MR) is 51.0 cm³/mol. The van der Waals surface area contributed by atoms with E-state index in [0.29, 0.717) is 11.2 Å². The quantitative estimate of drug-likeness (QED) is 0.790. The second-order valence-electron chi connectivity index (χ2n) is 3.16. The van der Waals surface area contributed by atoms with Crippen LogP contribution in [0.5, 0.6) is 5.19 Å². The zero-order valence-electron chi connectivity index (χ0n) is 7.40. The van der Waals surface area contributed by atoms with E-state index < -0.39 is 0 Å². The van der Waals surface area contributed by atoms with Crippen molar-refractivity contribution in [1.29, 1.82) is 0 Å². The molecule has 4 nitrogen and oxygen atoms in total. The van der Waals surface area contributed by atoms with Crippen LogP contribution in [0.1, 0.15) is 19.3 Å². The first-order chi connectivity index (χ1) is 6.45. The van der Waals surface area contributed by atoms with Gasteiger partial charge in [-0.25, -0.2) is 0 Å². The fourth-order valence-corrected chi connectivity index (χ4v) is 1.88. The first-order valence-electron chi connectivity index (χ1n) is 4.57. The third-order valence-corrected chi connectivity index (χ3v) is 2.76. The molecule has 1 N–H and O–H groups in total. The SMILES string of the molecule is c1nnc(OCC2CCCCN2)s1. The van der Waals surface area contributed by atoms with Gasteiger partial charge in [0.15, 0.2) is 0 Å². The van der Waals surface area contributed by atoms with Crippen molar-refractivity contribution in [1.82, 2.24) is 15.5 Å². The zero-order valence-corrected chi connectivity index (χ0v) is 8.22. The second-order valence-corrected chi connectivity index (χ2v) is 3.96. The molecule has 1 aliphatic rings. The largest absolute Gasteiger partial charge is 0.467 e. The van der Waals surface area contributed by atoms with E-state index in [2.05, 4.69) is 15.5 Å². The summed E-state index contributed by atoms with van der Waals surface area (Å²) in [5.41, 5.74) is 1.68. The molecule has 1 atom stereocenters. The van der Waals surface area contributed by atoms with Crippen molar-refractivity contribution in [2.75, 3.05) is 13.2 Å². The number of hydrogen-bond donors (Lipinski definition) is 1. The molecule has 2 rings (SSSR count). The number of nitrogens with one attached hydrogen (secondary N) is 1. The van der Waals surface area contributed by atoms with Gasteiger partial charge in [0.05, 0.1) is 0 Å². The molecule has 1 fully saturated rings. The molecule has 1 aliphatic heterocycles. The molecule has 1 aromatic heterocycles. The topological polar surface area (TPSA) is 47.0 Å². The molecule has 1 saturated heterocycles. The van der Waals surface area contributed by atoms with Crippen LogP contribution in [0.3, 0.4) is 0 Å². The number of piperidine rings is 1. The Labute approximate surface area is 81.3 Å². The van der Waals surface area contributed by atoms with Crippen LogP contribution in [-0.4, -0.2) is 29.4 Å². The summed E-state index contributed by atoms with van der Waals surface area (Å²) < 4.78 is 5.47. The molecule has 0 amide bonds. The highest BCUT2D eigenvalue weighted by Gasteiger charge is 2.13. The van der Waals surface area contributed by atoms with Gasteiger partial charge in [-0.15, -0.1) is 10.2 Å². The van der Waals surface area contributed by atoms with Gasteiger partial charge in [0.1, 0.15) is 12.1 Å². The van der Waals surface area contributed by atoms with Crippen molar-refractivity contribution >= 4 is 11.3 Å². The highest BCUT2D eigenvalue weighted by atomic mass is 32.1. The maximum absolute atomic E-state index is 5.47. The number of rotatable bonds is 3. The Hall–Kier alpha value is -0.680. The Kier molecular flexibility index (Phi) is 3.10. The Morgan fingerprint density at radius 1 is 1.62 bits per heavy atom. The van der Waals surface area contributed by atoms with Gasteiger partial charge in [-0.3, -0.25) is 0 Å². The average Bonchev–Trinajstić information content (AvgIpc) is 2.69. The molecule has 1 aromatic rings. The molecular formula is C8H13N3OS. The van der Waals surface area contributed by atoms with Crippen LogP contribution in [0, 0.1) is 0 Å². The molecule has 0 bridgehead atoms. The molecule has 2 heterocycles. The smallest absolute Gasteiger partial charge is 0.293 e. The average molecular weight is 199 g/mol. The van der Waals surface area contributed by atoms with E-state index in [1.807, 2.05) is 0 Å². The van der Waals surface area contributed by atoms with Gasteiger partial charge in [-0.1, -0.05) is 17.8 Å². The van der Waals surface area contributed by atoms with Gasteiger partial charge in [0.2, 0.25) is 0 Å². The van der Waals surface area contributed by atoms with Crippen LogP contribution < -0.4 is 10.1 Å². The lowest BCUT2D eigenvalue weighted by molar-refractivity contribution is 0.237. The summed E-state index contributed by atoms with van der Waals surface area (Å²) in [7, 11) is 0. The number of ether oxygens (including phenoxy) is 1. The van der Waals surface area contributed by atoms with Gasteiger partial charge < -0.3 is 10.1 Å². The number of hydrogen-bond acceptors (Lipinski definition) is 5. The molecule has 0 aliphatic carbocycles. The van der Waals surface area contributed by atoms with E-state index in [0.717, 1.165) is 13.2 Å². The molecule has 0 radical (unpaired) electrons. The van der Waals surface area contributed by atoms with E-state index >= 15 is 0 Å². The Bertz CT molecular complexity index is 234. The molecular weight excluding hydrogens is 186 g/mol. The van der Waals surface area contributed by atoms with Crippen LogP contribution in [-0.2, 0) is 0 Å². The van der Waals surface area contributed by atoms with Crippen LogP contribution in [0.25, 0.3) is 0 Å². The van der Waals surface area contributed by atoms with E-state index in [1.165, 1.54) is 30.6 Å². The van der Waals surface area contributed by atoms with Crippen LogP contribution in [0.2, 0.25) is 0 Å². The standard InChI is InChI=1S/C8H13N3OS/c1-2-4-9-7(3-1)5-12-8-11-10-6-13-8/h6-7,9H,1-5H2. The van der Waals surface area contributed by atoms with E-state index in [9.17, 15) is 0 Å². The fraction of sp³-hybridized carbons (Fsp3) is 0.750. The van der Waals surface area contributed by atoms with E-state index in [-0.39, 0.29) is 0 Å². The van der Waals surface area contributed by atoms with Gasteiger partial charge in [-0.05, 0) is 19.4 Å². The van der Waals surface area contributed by atoms with Gasteiger partial charge in [0.25, 0.3) is 5.19 Å². The van der Waals surface area contributed by atoms with Gasteiger partial charge >= 0.3 is 0 Å². The van der Waals surface area contributed by atoms with Crippen molar-refractivity contribution < 1.29 is 4.74 Å². The molecule has 0 aromatic carbocycles. The third kappa shape index (κ3) is 2.63. The minimum atomic E-state index is 0.498. The summed E-state index contributed by atoms with van der Waals surface area (Å²) in [6.45, 7) is 1.83. The summed E-state index contributed by atoms with van der Waals surface area (Å²) >= 11 is 1.44. The first-order valence-corrected chi connectivity index (χ1v) is 5.45. The lowest BCUT2D eigenvalue weighted by Crippen LogP contribution is -2.38. The minimum absolute atomic E-state index is 0.498. The number of aromatic nitrogens is 2. The summed E-state index contributed by atoms with van der Waals surface area (Å²) in [6, 6.07) is 0.498. The van der Waals surface area contributed by atoms with Gasteiger partial charge in [-0.2, -0.15) is 0 Å². The maximum atomic E-state index is 5.47. The number of nitrogens with zero attached hydrogens (tertiary/aromatic N) is 2. The maximum Gasteiger partial charge on any atom is 0.293 e. The lowest BCUT2D eigenvalue weighted by Gasteiger charge is -2.22. The molecule has 1 unspecified atom stereocenters. The lowest BCUT2D eigenvalue weighted by atomic mass is 10.1. The highest BCUT2D eigenvalue weighted by Crippen LogP contribution is 2.13. The predicted octanol–water partition coefficient (Wildman–Crippen LogP) is 1.06. The summed E-state index contributed by atoms with van der Waals surface area (Å²) in [4.78, 5) is 0. The summed E-state index contributed by atoms with van der Waals surface area (Å²) in [5.74, 6) is 0. The second kappa shape index (κ2) is 4.53. The first kappa shape index (κ1) is 8.90. The van der Waals surface area contributed by atoms with Crippen molar-refractivity contribution in [3.8, 4) is 5.19 Å². The molecule has 0 spiro atoms. The molecule has 5 heteroatoms. The monoisotopic (exact) mass is 199 g/mol. The van der Waals surface area contributed by atoms with Crippen LogP contribution in [0.4, 0.5) is 0 Å². The van der Waals surface area contributed by atoms with Crippen LogP contribution in [0.15, 0.2) is 5.51 Å². The molecule has 0 saturated carbocycles. The molecule has 13 heavy (non-hydrogen) atoms. The molecule has 72 valence electrons. The minimum Gasteiger partial charge on any atom is -0.467 e. The van der Waals surface area contributed by atoms with Crippen molar-refractivity contribution in [3.63, 3.8) is 0 Å². The zero-order chi connectivity index (χ0) is 8.93. The van der Waals surface area contributed by atoms with Crippen molar-refractivity contribution in [2.24, 2.45) is 0 Å².